The van der Waals surface area contributed by atoms with Crippen molar-refractivity contribution in [2.45, 2.75) is 13.8 Å². The largest absolute Gasteiger partial charge is 3.00 e. The van der Waals surface area contributed by atoms with Gasteiger partial charge in [-0.25, -0.2) is 12.1 Å². The maximum Gasteiger partial charge on any atom is 3.00 e. The normalized spacial score (nSPS) is 7.88. The van der Waals surface area contributed by atoms with Crippen LogP contribution in [0.15, 0.2) is 36.1 Å². The maximum absolute atomic E-state index is 10.3. The number of rotatable bonds is 1. The Labute approximate surface area is 118 Å². The Bertz CT molecular complexity index is 360. The first-order chi connectivity index (χ1) is 6.75. The van der Waals surface area contributed by atoms with Gasteiger partial charge in [0.05, 0.1) is 0 Å². The van der Waals surface area contributed by atoms with Gasteiger partial charge in [0.25, 0.3) is 0 Å². The third kappa shape index (κ3) is 7.28. The molecule has 95 valence electrons. The molecule has 1 unspecified atom stereocenters. The van der Waals surface area contributed by atoms with Crippen LogP contribution < -0.4 is 0 Å². The zero-order valence-corrected chi connectivity index (χ0v) is 12.9. The number of carbonyl (C=O) groups is 1. The molecule has 1 nitrogen and oxygen atoms in total. The smallest absolute Gasteiger partial charge is 0.358 e. The van der Waals surface area contributed by atoms with Gasteiger partial charge in [-0.15, -0.1) is 8.19 Å². The van der Waals surface area contributed by atoms with Crippen molar-refractivity contribution >= 4 is 14.5 Å². The third-order valence-corrected chi connectivity index (χ3v) is 3.49. The monoisotopic (exact) mass is 291 g/mol. The van der Waals surface area contributed by atoms with Crippen LogP contribution in [0.5, 0.6) is 0 Å². The minimum absolute atomic E-state index is 0. The topological polar surface area (TPSA) is 17.1 Å². The molecule has 0 fully saturated rings. The Balaban J connectivity index is -0.000000216. The molecule has 0 bridgehead atoms. The van der Waals surface area contributed by atoms with Crippen molar-refractivity contribution in [2.75, 3.05) is 0 Å². The fourth-order valence-corrected chi connectivity index (χ4v) is 2.13. The van der Waals surface area contributed by atoms with Crippen LogP contribution in [-0.4, -0.2) is 6.29 Å². The number of carbonyl (C=O) groups excluding carboxylic acids is 1. The molecule has 1 atom stereocenters. The van der Waals surface area contributed by atoms with Gasteiger partial charge in [0.1, 0.15) is 0 Å². The van der Waals surface area contributed by atoms with Crippen LogP contribution in [0.3, 0.4) is 0 Å². The van der Waals surface area contributed by atoms with Crippen molar-refractivity contribution in [3.8, 4) is 0 Å². The maximum atomic E-state index is 10.3. The van der Waals surface area contributed by atoms with E-state index in [1.165, 1.54) is 11.1 Å². The molecule has 0 saturated carbocycles. The second-order valence-electron chi connectivity index (χ2n) is 3.09. The molecule has 2 rings (SSSR count). The second kappa shape index (κ2) is 11.8. The number of hydrogen-bond donors (Lipinski definition) is 0. The van der Waals surface area contributed by atoms with E-state index in [2.05, 4.69) is 5.80 Å². The van der Waals surface area contributed by atoms with Crippen LogP contribution in [0.2, 0.25) is 0 Å². The van der Waals surface area contributed by atoms with Gasteiger partial charge in [-0.3, -0.25) is 4.79 Å². The van der Waals surface area contributed by atoms with Crippen LogP contribution in [0.1, 0.15) is 21.2 Å². The molecular weight excluding hydrogens is 271 g/mol. The summed E-state index contributed by atoms with van der Waals surface area (Å²) >= 11 is 0. The summed E-state index contributed by atoms with van der Waals surface area (Å²) in [6.07, 6.45) is 0.959. The van der Waals surface area contributed by atoms with Gasteiger partial charge in [-0.1, -0.05) is 0 Å². The minimum atomic E-state index is 0. The van der Waals surface area contributed by atoms with Crippen LogP contribution in [0.4, 0.5) is 0 Å². The van der Waals surface area contributed by atoms with E-state index in [9.17, 15) is 4.79 Å². The van der Waals surface area contributed by atoms with E-state index >= 15 is 0 Å². The molecule has 0 aliphatic carbocycles. The van der Waals surface area contributed by atoms with Gasteiger partial charge in [-0.05, 0) is 30.8 Å². The summed E-state index contributed by atoms with van der Waals surface area (Å²) in [5.41, 5.74) is 2.43. The third-order valence-electron chi connectivity index (χ3n) is 2.11. The van der Waals surface area contributed by atoms with Crippen molar-refractivity contribution in [1.82, 2.24) is 0 Å². The number of aldehydes is 1. The van der Waals surface area contributed by atoms with Crippen LogP contribution >= 0.6 is 8.19 Å². The van der Waals surface area contributed by atoms with Crippen molar-refractivity contribution in [3.63, 3.8) is 0 Å². The van der Waals surface area contributed by atoms with E-state index in [4.69, 9.17) is 0 Å². The Morgan fingerprint density at radius 3 is 1.88 bits per heavy atom. The van der Waals surface area contributed by atoms with Gasteiger partial charge >= 0.3 is 17.1 Å². The first-order valence-electron chi connectivity index (χ1n) is 4.52. The fraction of sp³-hybridized carbons (Fsp3) is 0.143. The summed E-state index contributed by atoms with van der Waals surface area (Å²) in [4.78, 5) is 10.3. The van der Waals surface area contributed by atoms with Crippen LogP contribution in [0.25, 0.3) is 0 Å². The van der Waals surface area contributed by atoms with Crippen molar-refractivity contribution in [2.24, 2.45) is 0 Å². The van der Waals surface area contributed by atoms with Gasteiger partial charge < -0.3 is 14.9 Å². The molecule has 1 radical (unpaired) electrons. The molecule has 1 aromatic heterocycles. The van der Waals surface area contributed by atoms with Crippen LogP contribution in [0, 0.1) is 28.7 Å². The quantitative estimate of drug-likeness (QED) is 0.431. The van der Waals surface area contributed by atoms with Crippen LogP contribution in [-0.2, 0) is 17.1 Å². The summed E-state index contributed by atoms with van der Waals surface area (Å²) in [7, 11) is 0.610. The average molecular weight is 291 g/mol. The standard InChI is InChI=1S/C7H9OP.C5H5.2CH3.Fe/c1-5-4-9-7(3-8)6(5)2;1-2-4-5-3-1;;;/h3-4,9H,1-2H3;1-5H;2*1H3;/q;3*-1;+3. The van der Waals surface area contributed by atoms with E-state index in [-0.39, 0.29) is 31.9 Å². The molecule has 0 N–H and O–H groups in total. The molecule has 2 aromatic rings. The van der Waals surface area contributed by atoms with E-state index < -0.39 is 0 Å². The Kier molecular flexibility index (Phi) is 15.0. The molecule has 17 heavy (non-hydrogen) atoms. The van der Waals surface area contributed by atoms with E-state index in [1.54, 1.807) is 0 Å². The number of hydrogen-bond acceptors (Lipinski definition) is 1. The summed E-state index contributed by atoms with van der Waals surface area (Å²) < 4.78 is 0. The van der Waals surface area contributed by atoms with Gasteiger partial charge in [-0.2, -0.15) is 18.2 Å². The summed E-state index contributed by atoms with van der Waals surface area (Å²) in [5.74, 6) is 2.11. The minimum Gasteiger partial charge on any atom is -0.358 e. The number of aryl methyl sites for hydroxylation is 1. The van der Waals surface area contributed by atoms with Gasteiger partial charge in [0.2, 0.25) is 0 Å². The van der Waals surface area contributed by atoms with E-state index in [0.717, 1.165) is 11.6 Å². The first-order valence-corrected chi connectivity index (χ1v) is 5.60. The zero-order chi connectivity index (χ0) is 10.4. The summed E-state index contributed by atoms with van der Waals surface area (Å²) in [6.45, 7) is 4.04. The van der Waals surface area contributed by atoms with Gasteiger partial charge in [0, 0.05) is 5.30 Å². The Morgan fingerprint density at radius 1 is 1.18 bits per heavy atom. The second-order valence-corrected chi connectivity index (χ2v) is 4.21. The zero-order valence-electron chi connectivity index (χ0n) is 10.8. The average Bonchev–Trinajstić information content (AvgIpc) is 2.82. The molecule has 3 heteroatoms. The molecule has 0 amide bonds. The van der Waals surface area contributed by atoms with Crippen molar-refractivity contribution in [3.05, 3.63) is 67.4 Å². The molecule has 0 spiro atoms. The fourth-order valence-electron chi connectivity index (χ4n) is 1.06. The van der Waals surface area contributed by atoms with E-state index in [1.807, 2.05) is 44.2 Å². The Morgan fingerprint density at radius 2 is 1.71 bits per heavy atom. The molecule has 0 saturated heterocycles. The molecular formula is C14H20FeOP. The molecule has 0 aliphatic heterocycles. The predicted octanol–water partition coefficient (Wildman–Crippen LogP) is 4.45. The molecule has 1 aromatic carbocycles. The molecule has 1 heterocycles. The van der Waals surface area contributed by atoms with Crippen molar-refractivity contribution < 1.29 is 21.9 Å². The molecule has 0 aliphatic rings. The summed E-state index contributed by atoms with van der Waals surface area (Å²) in [5, 5.41) is 0.965. The van der Waals surface area contributed by atoms with E-state index in [0.29, 0.717) is 8.19 Å². The van der Waals surface area contributed by atoms with Crippen molar-refractivity contribution in [1.29, 1.82) is 0 Å². The predicted molar refractivity (Wildman–Crippen MR) is 75.7 cm³/mol. The first kappa shape index (κ1) is 21.6. The SMILES string of the molecule is Cc1c[pH]c(C=O)c1C.[CH3-].[CH3-].[Fe+3].c1cc[cH-]c1. The Hall–Kier alpha value is -0.681. The van der Waals surface area contributed by atoms with Gasteiger partial charge in [0.15, 0.2) is 6.29 Å². The summed E-state index contributed by atoms with van der Waals surface area (Å²) in [6, 6.07) is 10.0.